The van der Waals surface area contributed by atoms with E-state index in [4.69, 9.17) is 0 Å². The quantitative estimate of drug-likeness (QED) is 0.887. The van der Waals surface area contributed by atoms with Gasteiger partial charge in [-0.25, -0.2) is 4.39 Å². The van der Waals surface area contributed by atoms with Crippen molar-refractivity contribution in [2.75, 3.05) is 20.1 Å². The van der Waals surface area contributed by atoms with Gasteiger partial charge < -0.3 is 5.32 Å². The summed E-state index contributed by atoms with van der Waals surface area (Å²) in [6.45, 7) is 6.85. The third-order valence-corrected chi connectivity index (χ3v) is 4.22. The van der Waals surface area contributed by atoms with Crippen LogP contribution in [0.4, 0.5) is 4.39 Å². The van der Waals surface area contributed by atoms with E-state index in [0.717, 1.165) is 18.7 Å². The minimum absolute atomic E-state index is 0.192. The summed E-state index contributed by atoms with van der Waals surface area (Å²) in [5.41, 5.74) is 1.23. The molecule has 0 radical (unpaired) electrons. The first-order valence-electron chi connectivity index (χ1n) is 7.07. The van der Waals surface area contributed by atoms with Crippen molar-refractivity contribution in [2.24, 2.45) is 0 Å². The van der Waals surface area contributed by atoms with Gasteiger partial charge in [0.1, 0.15) is 5.82 Å². The van der Waals surface area contributed by atoms with E-state index >= 15 is 0 Å². The average Bonchev–Trinajstić information content (AvgIpc) is 2.71. The Morgan fingerprint density at radius 1 is 1.47 bits per heavy atom. The number of nitrogens with one attached hydrogen (secondary N) is 1. The summed E-state index contributed by atoms with van der Waals surface area (Å²) < 4.78 is 12.9. The fraction of sp³-hybridized carbons (Fsp3) is 0.667. The number of likely N-dealkylation sites (tertiary alicyclic amines) is 1. The number of hydrogen-bond donors (Lipinski definition) is 1. The molecule has 4 heteroatoms. The Morgan fingerprint density at radius 2 is 2.26 bits per heavy atom. The third-order valence-electron chi connectivity index (χ3n) is 4.22. The Labute approximate surface area is 115 Å². The second kappa shape index (κ2) is 5.97. The van der Waals surface area contributed by atoms with E-state index in [1.54, 1.807) is 6.07 Å². The van der Waals surface area contributed by atoms with Gasteiger partial charge >= 0.3 is 0 Å². The highest BCUT2D eigenvalue weighted by Gasteiger charge is 2.31. The molecule has 2 rings (SSSR count). The highest BCUT2D eigenvalue weighted by Crippen LogP contribution is 2.29. The standard InChI is InChI=1S/C15H24FN3/c1-15(2)8-4-9-19(15)10-7-13(17-3)14-6-5-12(16)11-18-14/h5-6,11,13,17H,4,7-10H2,1-3H3. The molecule has 0 aromatic carbocycles. The van der Waals surface area contributed by atoms with Crippen LogP contribution in [-0.2, 0) is 0 Å². The maximum atomic E-state index is 12.9. The first-order valence-corrected chi connectivity index (χ1v) is 7.07. The molecule has 1 fully saturated rings. The van der Waals surface area contributed by atoms with Gasteiger partial charge in [0.05, 0.1) is 17.9 Å². The van der Waals surface area contributed by atoms with Crippen molar-refractivity contribution in [2.45, 2.75) is 44.7 Å². The number of hydrogen-bond acceptors (Lipinski definition) is 3. The maximum Gasteiger partial charge on any atom is 0.141 e. The summed E-state index contributed by atoms with van der Waals surface area (Å²) in [5.74, 6) is -0.278. The molecule has 1 aliphatic rings. The van der Waals surface area contributed by atoms with Crippen molar-refractivity contribution in [3.63, 3.8) is 0 Å². The zero-order valence-electron chi connectivity index (χ0n) is 12.1. The van der Waals surface area contributed by atoms with Crippen LogP contribution >= 0.6 is 0 Å². The van der Waals surface area contributed by atoms with E-state index in [1.807, 2.05) is 7.05 Å². The second-order valence-electron chi connectivity index (χ2n) is 5.93. The molecule has 1 N–H and O–H groups in total. The van der Waals surface area contributed by atoms with Crippen molar-refractivity contribution in [1.29, 1.82) is 0 Å². The molecule has 1 aromatic heterocycles. The lowest BCUT2D eigenvalue weighted by Gasteiger charge is -2.32. The number of rotatable bonds is 5. The lowest BCUT2D eigenvalue weighted by atomic mass is 10.0. The van der Waals surface area contributed by atoms with Gasteiger partial charge in [0.2, 0.25) is 0 Å². The molecule has 19 heavy (non-hydrogen) atoms. The normalized spacial score (nSPS) is 20.6. The van der Waals surface area contributed by atoms with E-state index in [-0.39, 0.29) is 11.9 Å². The highest BCUT2D eigenvalue weighted by atomic mass is 19.1. The molecule has 106 valence electrons. The molecule has 1 aromatic rings. The Balaban J connectivity index is 1.94. The van der Waals surface area contributed by atoms with Crippen LogP contribution in [0.3, 0.4) is 0 Å². The Morgan fingerprint density at radius 3 is 2.79 bits per heavy atom. The number of nitrogens with zero attached hydrogens (tertiary/aromatic N) is 2. The molecule has 0 bridgehead atoms. The number of aromatic nitrogens is 1. The first-order chi connectivity index (χ1) is 9.03. The van der Waals surface area contributed by atoms with E-state index in [2.05, 4.69) is 29.0 Å². The third kappa shape index (κ3) is 3.51. The zero-order valence-corrected chi connectivity index (χ0v) is 12.1. The molecule has 1 aliphatic heterocycles. The SMILES string of the molecule is CNC(CCN1CCCC1(C)C)c1ccc(F)cn1. The largest absolute Gasteiger partial charge is 0.312 e. The van der Waals surface area contributed by atoms with Crippen molar-refractivity contribution in [3.05, 3.63) is 29.8 Å². The fourth-order valence-electron chi connectivity index (χ4n) is 2.90. The molecule has 2 heterocycles. The van der Waals surface area contributed by atoms with Crippen LogP contribution in [0.2, 0.25) is 0 Å². The van der Waals surface area contributed by atoms with Gasteiger partial charge in [-0.05, 0) is 58.8 Å². The zero-order chi connectivity index (χ0) is 13.9. The predicted molar refractivity (Wildman–Crippen MR) is 75.5 cm³/mol. The molecule has 0 amide bonds. The molecule has 0 aliphatic carbocycles. The highest BCUT2D eigenvalue weighted by molar-refractivity contribution is 5.10. The predicted octanol–water partition coefficient (Wildman–Crippen LogP) is 2.75. The smallest absolute Gasteiger partial charge is 0.141 e. The molecule has 1 atom stereocenters. The molecule has 0 spiro atoms. The van der Waals surface area contributed by atoms with Crippen molar-refractivity contribution in [1.82, 2.24) is 15.2 Å². The fourth-order valence-corrected chi connectivity index (χ4v) is 2.90. The summed E-state index contributed by atoms with van der Waals surface area (Å²) in [6, 6.07) is 3.44. The average molecular weight is 265 g/mol. The summed E-state index contributed by atoms with van der Waals surface area (Å²) in [4.78, 5) is 6.72. The van der Waals surface area contributed by atoms with E-state index in [0.29, 0.717) is 5.54 Å². The van der Waals surface area contributed by atoms with Crippen LogP contribution in [0, 0.1) is 5.82 Å². The Hall–Kier alpha value is -1.00. The van der Waals surface area contributed by atoms with Crippen molar-refractivity contribution in [3.8, 4) is 0 Å². The van der Waals surface area contributed by atoms with E-state index < -0.39 is 0 Å². The van der Waals surface area contributed by atoms with Gasteiger partial charge in [-0.2, -0.15) is 0 Å². The van der Waals surface area contributed by atoms with Gasteiger partial charge in [-0.15, -0.1) is 0 Å². The number of halogens is 1. The second-order valence-corrected chi connectivity index (χ2v) is 5.93. The number of pyridine rings is 1. The summed E-state index contributed by atoms with van der Waals surface area (Å²) in [5, 5.41) is 3.28. The van der Waals surface area contributed by atoms with Crippen LogP contribution in [0.5, 0.6) is 0 Å². The van der Waals surface area contributed by atoms with E-state index in [9.17, 15) is 4.39 Å². The van der Waals surface area contributed by atoms with Gasteiger partial charge in [0.25, 0.3) is 0 Å². The Bertz CT molecular complexity index is 402. The maximum absolute atomic E-state index is 12.9. The van der Waals surface area contributed by atoms with E-state index in [1.165, 1.54) is 31.6 Å². The molecule has 1 unspecified atom stereocenters. The van der Waals surface area contributed by atoms with Crippen LogP contribution in [-0.4, -0.2) is 35.6 Å². The van der Waals surface area contributed by atoms with Gasteiger partial charge in [-0.3, -0.25) is 9.88 Å². The minimum atomic E-state index is -0.278. The summed E-state index contributed by atoms with van der Waals surface area (Å²) in [7, 11) is 1.94. The van der Waals surface area contributed by atoms with Gasteiger partial charge in [0, 0.05) is 12.1 Å². The van der Waals surface area contributed by atoms with Crippen molar-refractivity contribution >= 4 is 0 Å². The monoisotopic (exact) mass is 265 g/mol. The van der Waals surface area contributed by atoms with Crippen LogP contribution in [0.25, 0.3) is 0 Å². The van der Waals surface area contributed by atoms with Crippen LogP contribution < -0.4 is 5.32 Å². The Kier molecular flexibility index (Phi) is 4.53. The van der Waals surface area contributed by atoms with Crippen LogP contribution in [0.1, 0.15) is 44.8 Å². The summed E-state index contributed by atoms with van der Waals surface area (Å²) >= 11 is 0. The van der Waals surface area contributed by atoms with Crippen molar-refractivity contribution < 1.29 is 4.39 Å². The molecular formula is C15H24FN3. The topological polar surface area (TPSA) is 28.2 Å². The molecular weight excluding hydrogens is 241 g/mol. The minimum Gasteiger partial charge on any atom is -0.312 e. The van der Waals surface area contributed by atoms with Crippen LogP contribution in [0.15, 0.2) is 18.3 Å². The molecule has 3 nitrogen and oxygen atoms in total. The molecule has 1 saturated heterocycles. The van der Waals surface area contributed by atoms with Gasteiger partial charge in [-0.1, -0.05) is 0 Å². The lowest BCUT2D eigenvalue weighted by molar-refractivity contribution is 0.167. The summed E-state index contributed by atoms with van der Waals surface area (Å²) in [6.07, 6.45) is 4.84. The molecule has 0 saturated carbocycles. The lowest BCUT2D eigenvalue weighted by Crippen LogP contribution is -2.39. The van der Waals surface area contributed by atoms with Gasteiger partial charge in [0.15, 0.2) is 0 Å². The first kappa shape index (κ1) is 14.4.